The van der Waals surface area contributed by atoms with Crippen LogP contribution in [0.15, 0.2) is 199 Å². The summed E-state index contributed by atoms with van der Waals surface area (Å²) >= 11 is 0. The third-order valence-electron chi connectivity index (χ3n) is 9.98. The lowest BCUT2D eigenvalue weighted by Gasteiger charge is -2.28. The number of fused-ring (bicyclic) bond motifs is 6. The van der Waals surface area contributed by atoms with Crippen LogP contribution in [-0.2, 0) is 0 Å². The molecule has 0 aliphatic heterocycles. The molecule has 0 saturated heterocycles. The number of nitrogens with zero attached hydrogens (tertiary/aromatic N) is 2. The Bertz CT molecular complexity index is 2830. The van der Waals surface area contributed by atoms with Gasteiger partial charge in [0.2, 0.25) is 0 Å². The molecule has 0 amide bonds. The van der Waals surface area contributed by atoms with Crippen molar-refractivity contribution in [1.29, 1.82) is 0 Å². The molecule has 0 atom stereocenters. The van der Waals surface area contributed by atoms with Crippen LogP contribution in [0.25, 0.3) is 71.7 Å². The second kappa shape index (κ2) is 11.9. The van der Waals surface area contributed by atoms with Gasteiger partial charge in [-0.3, -0.25) is 0 Å². The predicted octanol–water partition coefficient (Wildman–Crippen LogP) is 13.5. The molecule has 0 aliphatic rings. The Hall–Kier alpha value is -6.84. The van der Waals surface area contributed by atoms with Gasteiger partial charge in [0.25, 0.3) is 0 Å². The highest BCUT2D eigenvalue weighted by Crippen LogP contribution is 2.46. The molecule has 0 spiro atoms. The van der Waals surface area contributed by atoms with Gasteiger partial charge in [0.1, 0.15) is 11.2 Å². The lowest BCUT2D eigenvalue weighted by Crippen LogP contribution is -2.11. The van der Waals surface area contributed by atoms with Gasteiger partial charge >= 0.3 is 0 Å². The van der Waals surface area contributed by atoms with Gasteiger partial charge in [-0.15, -0.1) is 0 Å². The summed E-state index contributed by atoms with van der Waals surface area (Å²) in [4.78, 5) is 2.41. The average Bonchev–Trinajstić information content (AvgIpc) is 3.74. The van der Waals surface area contributed by atoms with Crippen molar-refractivity contribution >= 4 is 60.8 Å². The van der Waals surface area contributed by atoms with E-state index in [-0.39, 0.29) is 0 Å². The van der Waals surface area contributed by atoms with E-state index in [4.69, 9.17) is 4.42 Å². The summed E-state index contributed by atoms with van der Waals surface area (Å²) in [7, 11) is 0. The fourth-order valence-electron chi connectivity index (χ4n) is 7.61. The lowest BCUT2D eigenvalue weighted by atomic mass is 9.98. The lowest BCUT2D eigenvalue weighted by molar-refractivity contribution is 0.669. The highest BCUT2D eigenvalue weighted by Gasteiger charge is 2.23. The molecule has 0 aliphatic carbocycles. The summed E-state index contributed by atoms with van der Waals surface area (Å²) in [5, 5.41) is 4.64. The summed E-state index contributed by atoms with van der Waals surface area (Å²) in [5.41, 5.74) is 13.1. The van der Waals surface area contributed by atoms with E-state index in [1.807, 2.05) is 12.1 Å². The van der Waals surface area contributed by atoms with E-state index in [1.54, 1.807) is 0 Å². The maximum atomic E-state index is 6.29. The van der Waals surface area contributed by atoms with E-state index >= 15 is 0 Å². The third kappa shape index (κ3) is 4.90. The molecular weight excluding hydrogens is 621 g/mol. The standard InChI is InChI=1S/C48H32N2O/c1-4-14-33(15-5-1)34-24-26-37(27-25-34)49(38-28-29-48-43(30-38)40-21-11-13-23-47(40)51-48)45-32-46-42(31-41(45)35-16-6-2-7-17-35)39-20-10-12-22-44(39)50(46)36-18-8-3-9-19-36/h1-32H. The summed E-state index contributed by atoms with van der Waals surface area (Å²) in [6.45, 7) is 0. The van der Waals surface area contributed by atoms with Gasteiger partial charge in [-0.25, -0.2) is 0 Å². The van der Waals surface area contributed by atoms with Gasteiger partial charge < -0.3 is 13.9 Å². The van der Waals surface area contributed by atoms with Crippen molar-refractivity contribution in [2.24, 2.45) is 0 Å². The van der Waals surface area contributed by atoms with Crippen LogP contribution in [0.5, 0.6) is 0 Å². The number of anilines is 3. The van der Waals surface area contributed by atoms with Gasteiger partial charge in [0.15, 0.2) is 0 Å². The molecule has 2 aromatic heterocycles. The molecule has 0 bridgehead atoms. The van der Waals surface area contributed by atoms with Crippen LogP contribution in [0.2, 0.25) is 0 Å². The predicted molar refractivity (Wildman–Crippen MR) is 214 cm³/mol. The largest absolute Gasteiger partial charge is 0.456 e. The van der Waals surface area contributed by atoms with E-state index in [0.717, 1.165) is 61.3 Å². The number of rotatable bonds is 6. The smallest absolute Gasteiger partial charge is 0.135 e. The summed E-state index contributed by atoms with van der Waals surface area (Å²) < 4.78 is 8.69. The minimum absolute atomic E-state index is 0.877. The zero-order valence-corrected chi connectivity index (χ0v) is 27.8. The van der Waals surface area contributed by atoms with Gasteiger partial charge in [-0.2, -0.15) is 0 Å². The highest BCUT2D eigenvalue weighted by atomic mass is 16.3. The maximum Gasteiger partial charge on any atom is 0.135 e. The van der Waals surface area contributed by atoms with Crippen molar-refractivity contribution in [2.45, 2.75) is 0 Å². The molecular formula is C48H32N2O. The quantitative estimate of drug-likeness (QED) is 0.178. The van der Waals surface area contributed by atoms with Crippen molar-refractivity contribution in [3.63, 3.8) is 0 Å². The molecule has 3 nitrogen and oxygen atoms in total. The van der Waals surface area contributed by atoms with Crippen LogP contribution in [0.1, 0.15) is 0 Å². The van der Waals surface area contributed by atoms with Crippen molar-refractivity contribution in [1.82, 2.24) is 4.57 Å². The molecule has 240 valence electrons. The SMILES string of the molecule is c1ccc(-c2ccc(N(c3ccc4oc5ccccc5c4c3)c3cc4c(cc3-c3ccccc3)c3ccccc3n4-c3ccccc3)cc2)cc1. The minimum Gasteiger partial charge on any atom is -0.456 e. The molecule has 0 saturated carbocycles. The zero-order chi connectivity index (χ0) is 33.7. The molecule has 10 rings (SSSR count). The Kier molecular flexibility index (Phi) is 6.81. The first-order chi connectivity index (χ1) is 25.3. The number of furan rings is 1. The van der Waals surface area contributed by atoms with Gasteiger partial charge in [-0.1, -0.05) is 127 Å². The molecule has 0 fully saturated rings. The van der Waals surface area contributed by atoms with E-state index in [9.17, 15) is 0 Å². The number of para-hydroxylation sites is 3. The van der Waals surface area contributed by atoms with E-state index in [1.165, 1.54) is 27.4 Å². The molecule has 10 aromatic rings. The first-order valence-corrected chi connectivity index (χ1v) is 17.4. The van der Waals surface area contributed by atoms with Crippen LogP contribution in [0.4, 0.5) is 17.1 Å². The Labute approximate surface area is 295 Å². The first-order valence-electron chi connectivity index (χ1n) is 17.4. The van der Waals surface area contributed by atoms with E-state index in [2.05, 4.69) is 191 Å². The summed E-state index contributed by atoms with van der Waals surface area (Å²) in [6.07, 6.45) is 0. The number of aromatic nitrogens is 1. The van der Waals surface area contributed by atoms with Gasteiger partial charge in [0.05, 0.1) is 16.7 Å². The fraction of sp³-hybridized carbons (Fsp3) is 0. The van der Waals surface area contributed by atoms with Crippen molar-refractivity contribution in [2.75, 3.05) is 4.90 Å². The Morgan fingerprint density at radius 3 is 1.73 bits per heavy atom. The molecule has 0 radical (unpaired) electrons. The Morgan fingerprint density at radius 1 is 0.373 bits per heavy atom. The Morgan fingerprint density at radius 2 is 0.961 bits per heavy atom. The van der Waals surface area contributed by atoms with Gasteiger partial charge in [0, 0.05) is 44.2 Å². The van der Waals surface area contributed by atoms with Crippen LogP contribution in [0.3, 0.4) is 0 Å². The molecule has 0 N–H and O–H groups in total. The highest BCUT2D eigenvalue weighted by molar-refractivity contribution is 6.13. The van der Waals surface area contributed by atoms with Gasteiger partial charge in [-0.05, 0) is 83.4 Å². The second-order valence-electron chi connectivity index (χ2n) is 13.0. The maximum absolute atomic E-state index is 6.29. The number of benzene rings is 8. The van der Waals surface area contributed by atoms with E-state index in [0.29, 0.717) is 0 Å². The number of hydrogen-bond acceptors (Lipinski definition) is 2. The van der Waals surface area contributed by atoms with Crippen LogP contribution in [-0.4, -0.2) is 4.57 Å². The third-order valence-corrected chi connectivity index (χ3v) is 9.98. The molecule has 51 heavy (non-hydrogen) atoms. The molecule has 8 aromatic carbocycles. The van der Waals surface area contributed by atoms with Crippen LogP contribution < -0.4 is 4.90 Å². The molecule has 0 unspecified atom stereocenters. The van der Waals surface area contributed by atoms with Crippen molar-refractivity contribution in [3.05, 3.63) is 194 Å². The Balaban J connectivity index is 1.29. The second-order valence-corrected chi connectivity index (χ2v) is 13.0. The minimum atomic E-state index is 0.877. The zero-order valence-electron chi connectivity index (χ0n) is 27.8. The molecule has 2 heterocycles. The fourth-order valence-corrected chi connectivity index (χ4v) is 7.61. The molecule has 3 heteroatoms. The normalized spacial score (nSPS) is 11.5. The first kappa shape index (κ1) is 29.1. The monoisotopic (exact) mass is 652 g/mol. The van der Waals surface area contributed by atoms with Crippen molar-refractivity contribution in [3.8, 4) is 27.9 Å². The van der Waals surface area contributed by atoms with Crippen molar-refractivity contribution < 1.29 is 4.42 Å². The van der Waals surface area contributed by atoms with Crippen LogP contribution >= 0.6 is 0 Å². The van der Waals surface area contributed by atoms with E-state index < -0.39 is 0 Å². The summed E-state index contributed by atoms with van der Waals surface area (Å²) in [6, 6.07) is 69.3. The topological polar surface area (TPSA) is 21.3 Å². The van der Waals surface area contributed by atoms with Crippen LogP contribution in [0, 0.1) is 0 Å². The average molecular weight is 653 g/mol. The number of hydrogen-bond donors (Lipinski definition) is 0. The summed E-state index contributed by atoms with van der Waals surface area (Å²) in [5.74, 6) is 0.